The minimum atomic E-state index is -0.289. The van der Waals surface area contributed by atoms with Crippen molar-refractivity contribution in [3.05, 3.63) is 28.0 Å². The van der Waals surface area contributed by atoms with Crippen LogP contribution in [0.4, 0.5) is 4.39 Å². The van der Waals surface area contributed by atoms with Crippen molar-refractivity contribution >= 4 is 15.9 Å². The van der Waals surface area contributed by atoms with E-state index < -0.39 is 0 Å². The predicted molar refractivity (Wildman–Crippen MR) is 61.6 cm³/mol. The lowest BCUT2D eigenvalue weighted by Gasteiger charge is -2.13. The van der Waals surface area contributed by atoms with Crippen molar-refractivity contribution in [2.45, 2.75) is 25.5 Å². The molecule has 0 aliphatic heterocycles. The van der Waals surface area contributed by atoms with E-state index in [-0.39, 0.29) is 11.9 Å². The quantitative estimate of drug-likeness (QED) is 0.846. The minimum Gasteiger partial charge on any atom is -0.489 e. The van der Waals surface area contributed by atoms with Gasteiger partial charge in [-0.25, -0.2) is 4.39 Å². The van der Waals surface area contributed by atoms with Gasteiger partial charge in [0.05, 0.1) is 17.7 Å². The first-order valence-electron chi connectivity index (χ1n) is 5.11. The Labute approximate surface area is 102 Å². The average molecular weight is 290 g/mol. The summed E-state index contributed by atoms with van der Waals surface area (Å²) >= 11 is 3.31. The van der Waals surface area contributed by atoms with Crippen LogP contribution in [0.1, 0.15) is 18.4 Å². The first-order valence-corrected chi connectivity index (χ1v) is 5.90. The lowest BCUT2D eigenvalue weighted by molar-refractivity contribution is 0.0857. The van der Waals surface area contributed by atoms with Gasteiger partial charge in [-0.05, 0) is 40.9 Å². The molecule has 2 rings (SSSR count). The first kappa shape index (κ1) is 11.8. The molecule has 0 aromatic heterocycles. The summed E-state index contributed by atoms with van der Waals surface area (Å²) in [6, 6.07) is 2.86. The molecular formula is C11H13BrFNO2. The average Bonchev–Trinajstić information content (AvgIpc) is 3.03. The molecule has 1 aliphatic rings. The maximum Gasteiger partial charge on any atom is 0.138 e. The van der Waals surface area contributed by atoms with E-state index in [0.29, 0.717) is 16.8 Å². The summed E-state index contributed by atoms with van der Waals surface area (Å²) in [4.78, 5) is 4.76. The van der Waals surface area contributed by atoms with Crippen molar-refractivity contribution in [1.29, 1.82) is 0 Å². The summed E-state index contributed by atoms with van der Waals surface area (Å²) in [6.07, 6.45) is 2.42. The molecule has 0 spiro atoms. The molecule has 0 radical (unpaired) electrons. The number of benzene rings is 1. The van der Waals surface area contributed by atoms with E-state index in [9.17, 15) is 4.39 Å². The van der Waals surface area contributed by atoms with Crippen molar-refractivity contribution in [3.63, 3.8) is 0 Å². The normalized spacial score (nSPS) is 15.2. The van der Waals surface area contributed by atoms with E-state index >= 15 is 0 Å². The van der Waals surface area contributed by atoms with Crippen molar-refractivity contribution < 1.29 is 14.0 Å². The number of nitrogens with one attached hydrogen (secondary N) is 1. The van der Waals surface area contributed by atoms with Crippen LogP contribution in [0.3, 0.4) is 0 Å². The van der Waals surface area contributed by atoms with Gasteiger partial charge < -0.3 is 9.57 Å². The molecule has 0 heterocycles. The Balaban J connectivity index is 2.22. The van der Waals surface area contributed by atoms with Crippen molar-refractivity contribution in [1.82, 2.24) is 5.48 Å². The minimum absolute atomic E-state index is 0.281. The zero-order valence-corrected chi connectivity index (χ0v) is 10.5. The number of ether oxygens (including phenoxy) is 1. The number of hydroxylamine groups is 1. The van der Waals surface area contributed by atoms with E-state index in [4.69, 9.17) is 9.57 Å². The Kier molecular flexibility index (Phi) is 3.78. The molecule has 3 nitrogen and oxygen atoms in total. The Morgan fingerprint density at radius 2 is 2.25 bits per heavy atom. The van der Waals surface area contributed by atoms with Crippen LogP contribution in [-0.4, -0.2) is 13.2 Å². The number of halogens is 2. The van der Waals surface area contributed by atoms with Gasteiger partial charge >= 0.3 is 0 Å². The summed E-state index contributed by atoms with van der Waals surface area (Å²) in [5.41, 5.74) is 3.44. The zero-order chi connectivity index (χ0) is 11.5. The number of rotatable bonds is 5. The zero-order valence-electron chi connectivity index (χ0n) is 8.93. The second kappa shape index (κ2) is 5.12. The van der Waals surface area contributed by atoms with Gasteiger partial charge in [0.15, 0.2) is 0 Å². The predicted octanol–water partition coefficient (Wildman–Crippen LogP) is 2.78. The molecule has 0 unspecified atom stereocenters. The fourth-order valence-corrected chi connectivity index (χ4v) is 1.95. The number of hydrogen-bond acceptors (Lipinski definition) is 3. The van der Waals surface area contributed by atoms with E-state index in [2.05, 4.69) is 21.4 Å². The molecule has 0 amide bonds. The van der Waals surface area contributed by atoms with Crippen LogP contribution in [-0.2, 0) is 11.4 Å². The van der Waals surface area contributed by atoms with Gasteiger partial charge in [0, 0.05) is 12.1 Å². The third-order valence-electron chi connectivity index (χ3n) is 2.30. The van der Waals surface area contributed by atoms with Crippen LogP contribution in [0.15, 0.2) is 16.6 Å². The Hall–Kier alpha value is -0.650. The molecule has 16 heavy (non-hydrogen) atoms. The van der Waals surface area contributed by atoms with Crippen molar-refractivity contribution in [2.24, 2.45) is 0 Å². The van der Waals surface area contributed by atoms with Gasteiger partial charge in [-0.1, -0.05) is 0 Å². The molecule has 1 aromatic rings. The van der Waals surface area contributed by atoms with Gasteiger partial charge in [0.1, 0.15) is 11.6 Å². The Morgan fingerprint density at radius 3 is 2.88 bits per heavy atom. The second-order valence-electron chi connectivity index (χ2n) is 3.72. The van der Waals surface area contributed by atoms with Gasteiger partial charge in [0.2, 0.25) is 0 Å². The van der Waals surface area contributed by atoms with Crippen LogP contribution < -0.4 is 10.2 Å². The van der Waals surface area contributed by atoms with Crippen LogP contribution in [0, 0.1) is 5.82 Å². The standard InChI is InChI=1S/C11H13BrFNO2/c1-15-14-6-7-4-8(13)5-10(12)11(7)16-9-2-3-9/h4-5,9,14H,2-3,6H2,1H3. The highest BCUT2D eigenvalue weighted by Gasteiger charge is 2.25. The van der Waals surface area contributed by atoms with Crippen molar-refractivity contribution in [3.8, 4) is 5.75 Å². The van der Waals surface area contributed by atoms with Gasteiger partial charge in [-0.15, -0.1) is 0 Å². The van der Waals surface area contributed by atoms with Gasteiger partial charge in [-0.2, -0.15) is 5.48 Å². The third kappa shape index (κ3) is 2.93. The first-order chi connectivity index (χ1) is 7.70. The lowest BCUT2D eigenvalue weighted by Crippen LogP contribution is -2.13. The summed E-state index contributed by atoms with van der Waals surface area (Å²) in [7, 11) is 1.52. The topological polar surface area (TPSA) is 30.5 Å². The fourth-order valence-electron chi connectivity index (χ4n) is 1.38. The van der Waals surface area contributed by atoms with E-state index in [1.165, 1.54) is 19.2 Å². The van der Waals surface area contributed by atoms with Gasteiger partial charge in [-0.3, -0.25) is 0 Å². The largest absolute Gasteiger partial charge is 0.489 e. The lowest BCUT2D eigenvalue weighted by atomic mass is 10.2. The summed E-state index contributed by atoms with van der Waals surface area (Å²) < 4.78 is 19.6. The number of hydrogen-bond donors (Lipinski definition) is 1. The molecule has 1 N–H and O–H groups in total. The van der Waals surface area contributed by atoms with E-state index in [0.717, 1.165) is 18.4 Å². The molecule has 1 fully saturated rings. The smallest absolute Gasteiger partial charge is 0.138 e. The Morgan fingerprint density at radius 1 is 1.50 bits per heavy atom. The van der Waals surface area contributed by atoms with Gasteiger partial charge in [0.25, 0.3) is 0 Å². The maximum atomic E-state index is 13.2. The maximum absolute atomic E-state index is 13.2. The monoisotopic (exact) mass is 289 g/mol. The van der Waals surface area contributed by atoms with Crippen LogP contribution in [0.25, 0.3) is 0 Å². The molecule has 88 valence electrons. The van der Waals surface area contributed by atoms with Crippen molar-refractivity contribution in [2.75, 3.05) is 7.11 Å². The summed E-state index contributed by atoms with van der Waals surface area (Å²) in [6.45, 7) is 0.412. The van der Waals surface area contributed by atoms with Crippen LogP contribution in [0.2, 0.25) is 0 Å². The van der Waals surface area contributed by atoms with E-state index in [1.807, 2.05) is 0 Å². The van der Waals surface area contributed by atoms with Crippen LogP contribution >= 0.6 is 15.9 Å². The highest BCUT2D eigenvalue weighted by atomic mass is 79.9. The molecule has 5 heteroatoms. The summed E-state index contributed by atoms with van der Waals surface area (Å²) in [5, 5.41) is 0. The highest BCUT2D eigenvalue weighted by molar-refractivity contribution is 9.10. The summed E-state index contributed by atoms with van der Waals surface area (Å²) in [5.74, 6) is 0.413. The Bertz CT molecular complexity index is 382. The second-order valence-corrected chi connectivity index (χ2v) is 4.57. The van der Waals surface area contributed by atoms with E-state index in [1.54, 1.807) is 0 Å². The molecule has 0 saturated heterocycles. The SMILES string of the molecule is CONCc1cc(F)cc(Br)c1OC1CC1. The molecule has 1 saturated carbocycles. The fraction of sp³-hybridized carbons (Fsp3) is 0.455. The van der Waals surface area contributed by atoms with Crippen LogP contribution in [0.5, 0.6) is 5.75 Å². The molecule has 1 aromatic carbocycles. The molecule has 1 aliphatic carbocycles. The molecule has 0 bridgehead atoms. The molecule has 0 atom stereocenters. The third-order valence-corrected chi connectivity index (χ3v) is 2.89. The molecular weight excluding hydrogens is 277 g/mol. The highest BCUT2D eigenvalue weighted by Crippen LogP contribution is 2.35.